The fraction of sp³-hybridized carbons (Fsp3) is 0.0789. The van der Waals surface area contributed by atoms with Crippen LogP contribution in [0.4, 0.5) is 11.4 Å². The van der Waals surface area contributed by atoms with Gasteiger partial charge in [0.15, 0.2) is 11.5 Å². The monoisotopic (exact) mass is 657 g/mol. The van der Waals surface area contributed by atoms with Crippen LogP contribution in [0, 0.1) is 0 Å². The molecule has 0 radical (unpaired) electrons. The molecular weight excluding hydrogens is 627 g/mol. The van der Waals surface area contributed by atoms with Crippen molar-refractivity contribution in [1.82, 2.24) is 5.32 Å². The molecule has 6 rings (SSSR count). The van der Waals surface area contributed by atoms with Crippen LogP contribution in [0.1, 0.15) is 21.5 Å². The maximum atomic E-state index is 13.6. The number of carbonyl (C=O) groups is 3. The number of hydrogen-bond acceptors (Lipinski definition) is 7. The minimum Gasteiger partial charge on any atom is -0.489 e. The van der Waals surface area contributed by atoms with Gasteiger partial charge < -0.3 is 30.2 Å². The van der Waals surface area contributed by atoms with Crippen molar-refractivity contribution in [3.8, 4) is 17.2 Å². The second-order valence-corrected chi connectivity index (χ2v) is 11.7. The van der Waals surface area contributed by atoms with Gasteiger partial charge in [-0.2, -0.15) is 0 Å². The standard InChI is InChI=1S/C38H31N3O6S/c42-36(39-30-16-19-34-35(22-30)47-25-46-34)24-48-32-13-7-12-29(21-32)40-38(44)33(41-37(43)28-10-5-2-6-11-28)20-26-14-17-31(18-15-26)45-23-27-8-3-1-4-9-27/h1-22H,23-25H2,(H,39,42)(H,40,44)(H,41,43)/b33-20-. The van der Waals surface area contributed by atoms with Crippen molar-refractivity contribution < 1.29 is 28.6 Å². The zero-order valence-corrected chi connectivity index (χ0v) is 26.5. The first kappa shape index (κ1) is 32.0. The molecule has 0 aliphatic carbocycles. The molecule has 9 nitrogen and oxygen atoms in total. The van der Waals surface area contributed by atoms with E-state index in [4.69, 9.17) is 14.2 Å². The molecule has 1 aliphatic rings. The van der Waals surface area contributed by atoms with E-state index in [0.29, 0.717) is 46.4 Å². The number of amides is 3. The first-order valence-corrected chi connectivity index (χ1v) is 16.1. The van der Waals surface area contributed by atoms with E-state index in [1.54, 1.807) is 66.7 Å². The smallest absolute Gasteiger partial charge is 0.272 e. The van der Waals surface area contributed by atoms with Gasteiger partial charge in [0.2, 0.25) is 12.7 Å². The van der Waals surface area contributed by atoms with Crippen LogP contribution in [-0.4, -0.2) is 30.3 Å². The summed E-state index contributed by atoms with van der Waals surface area (Å²) in [5.74, 6) is 0.926. The van der Waals surface area contributed by atoms with Crippen LogP contribution < -0.4 is 30.2 Å². The Morgan fingerprint density at radius 1 is 0.729 bits per heavy atom. The Bertz CT molecular complexity index is 1930. The third kappa shape index (κ3) is 8.83. The molecule has 10 heteroatoms. The Kier molecular flexibility index (Phi) is 10.3. The molecule has 0 spiro atoms. The summed E-state index contributed by atoms with van der Waals surface area (Å²) in [5, 5.41) is 8.49. The van der Waals surface area contributed by atoms with Crippen LogP contribution in [0.3, 0.4) is 0 Å². The molecule has 0 bridgehead atoms. The molecule has 1 aliphatic heterocycles. The second-order valence-electron chi connectivity index (χ2n) is 10.6. The number of rotatable bonds is 12. The molecule has 0 aromatic heterocycles. The van der Waals surface area contributed by atoms with Crippen LogP contribution in [0.2, 0.25) is 0 Å². The van der Waals surface area contributed by atoms with Gasteiger partial charge in [-0.3, -0.25) is 14.4 Å². The molecule has 3 N–H and O–H groups in total. The average molecular weight is 658 g/mol. The zero-order valence-electron chi connectivity index (χ0n) is 25.7. The van der Waals surface area contributed by atoms with Crippen LogP contribution in [0.15, 0.2) is 138 Å². The lowest BCUT2D eigenvalue weighted by atomic mass is 10.1. The van der Waals surface area contributed by atoms with Gasteiger partial charge >= 0.3 is 0 Å². The Morgan fingerprint density at radius 2 is 1.46 bits per heavy atom. The molecule has 0 saturated carbocycles. The highest BCUT2D eigenvalue weighted by Crippen LogP contribution is 2.34. The summed E-state index contributed by atoms with van der Waals surface area (Å²) >= 11 is 1.32. The quantitative estimate of drug-likeness (QED) is 0.0966. The van der Waals surface area contributed by atoms with E-state index in [1.165, 1.54) is 11.8 Å². The van der Waals surface area contributed by atoms with E-state index < -0.39 is 11.8 Å². The number of hydrogen-bond donors (Lipinski definition) is 3. The lowest BCUT2D eigenvalue weighted by molar-refractivity contribution is -0.114. The molecule has 48 heavy (non-hydrogen) atoms. The highest BCUT2D eigenvalue weighted by atomic mass is 32.2. The normalized spacial score (nSPS) is 11.8. The van der Waals surface area contributed by atoms with Gasteiger partial charge in [-0.25, -0.2) is 0 Å². The van der Waals surface area contributed by atoms with E-state index >= 15 is 0 Å². The number of thioether (sulfide) groups is 1. The zero-order chi connectivity index (χ0) is 33.1. The van der Waals surface area contributed by atoms with Crippen LogP contribution in [0.25, 0.3) is 6.08 Å². The second kappa shape index (κ2) is 15.5. The first-order valence-electron chi connectivity index (χ1n) is 15.1. The molecule has 3 amide bonds. The predicted molar refractivity (Wildman–Crippen MR) is 186 cm³/mol. The van der Waals surface area contributed by atoms with E-state index in [0.717, 1.165) is 10.5 Å². The fourth-order valence-electron chi connectivity index (χ4n) is 4.69. The molecule has 0 saturated heterocycles. The topological polar surface area (TPSA) is 115 Å². The Balaban J connectivity index is 1.11. The van der Waals surface area contributed by atoms with Gasteiger partial charge in [-0.15, -0.1) is 11.8 Å². The molecule has 5 aromatic carbocycles. The summed E-state index contributed by atoms with van der Waals surface area (Å²) in [6, 6.07) is 38.1. The van der Waals surface area contributed by atoms with E-state index in [9.17, 15) is 14.4 Å². The highest BCUT2D eigenvalue weighted by Gasteiger charge is 2.17. The van der Waals surface area contributed by atoms with Gasteiger partial charge in [-0.1, -0.05) is 66.7 Å². The summed E-state index contributed by atoms with van der Waals surface area (Å²) in [7, 11) is 0. The fourth-order valence-corrected chi connectivity index (χ4v) is 5.45. The van der Waals surface area contributed by atoms with Gasteiger partial charge in [0.1, 0.15) is 18.1 Å². The van der Waals surface area contributed by atoms with Gasteiger partial charge in [0.05, 0.1) is 5.75 Å². The van der Waals surface area contributed by atoms with Crippen molar-refractivity contribution in [3.05, 3.63) is 150 Å². The van der Waals surface area contributed by atoms with Gasteiger partial charge in [-0.05, 0) is 71.8 Å². The van der Waals surface area contributed by atoms with E-state index in [2.05, 4.69) is 16.0 Å². The lowest BCUT2D eigenvalue weighted by Crippen LogP contribution is -2.30. The number of benzene rings is 5. The largest absolute Gasteiger partial charge is 0.489 e. The molecule has 1 heterocycles. The van der Waals surface area contributed by atoms with Crippen molar-refractivity contribution in [2.24, 2.45) is 0 Å². The van der Waals surface area contributed by atoms with E-state index in [-0.39, 0.29) is 24.2 Å². The molecule has 240 valence electrons. The van der Waals surface area contributed by atoms with Gasteiger partial charge in [0.25, 0.3) is 11.8 Å². The number of carbonyl (C=O) groups excluding carboxylic acids is 3. The number of nitrogens with one attached hydrogen (secondary N) is 3. The molecular formula is C38H31N3O6S. The Labute approximate surface area is 281 Å². The number of fused-ring (bicyclic) bond motifs is 1. The summed E-state index contributed by atoms with van der Waals surface area (Å²) in [6.45, 7) is 0.586. The van der Waals surface area contributed by atoms with Gasteiger partial charge in [0, 0.05) is 27.9 Å². The van der Waals surface area contributed by atoms with Crippen LogP contribution in [0.5, 0.6) is 17.2 Å². The minimum absolute atomic E-state index is 0.0583. The van der Waals surface area contributed by atoms with Crippen molar-refractivity contribution in [2.45, 2.75) is 11.5 Å². The summed E-state index contributed by atoms with van der Waals surface area (Å²) in [4.78, 5) is 40.0. The van der Waals surface area contributed by atoms with Crippen LogP contribution in [-0.2, 0) is 16.2 Å². The maximum Gasteiger partial charge on any atom is 0.272 e. The molecule has 0 unspecified atom stereocenters. The highest BCUT2D eigenvalue weighted by molar-refractivity contribution is 8.00. The van der Waals surface area contributed by atoms with Crippen molar-refractivity contribution in [1.29, 1.82) is 0 Å². The molecule has 0 atom stereocenters. The van der Waals surface area contributed by atoms with Crippen molar-refractivity contribution >= 4 is 46.9 Å². The summed E-state index contributed by atoms with van der Waals surface area (Å²) in [5.41, 5.74) is 3.33. The van der Waals surface area contributed by atoms with Crippen LogP contribution >= 0.6 is 11.8 Å². The number of ether oxygens (including phenoxy) is 3. The number of anilines is 2. The Morgan fingerprint density at radius 3 is 2.25 bits per heavy atom. The lowest BCUT2D eigenvalue weighted by Gasteiger charge is -2.12. The summed E-state index contributed by atoms with van der Waals surface area (Å²) < 4.78 is 16.6. The Hall–Kier alpha value is -6.00. The van der Waals surface area contributed by atoms with E-state index in [1.807, 2.05) is 66.7 Å². The maximum absolute atomic E-state index is 13.6. The van der Waals surface area contributed by atoms with Crippen molar-refractivity contribution in [3.63, 3.8) is 0 Å². The third-order valence-corrected chi connectivity index (χ3v) is 8.08. The predicted octanol–water partition coefficient (Wildman–Crippen LogP) is 7.13. The minimum atomic E-state index is -0.508. The summed E-state index contributed by atoms with van der Waals surface area (Å²) in [6.07, 6.45) is 1.61. The van der Waals surface area contributed by atoms with Crippen molar-refractivity contribution in [2.75, 3.05) is 23.2 Å². The molecule has 0 fully saturated rings. The average Bonchev–Trinajstić information content (AvgIpc) is 3.59. The third-order valence-electron chi connectivity index (χ3n) is 7.09. The first-order chi connectivity index (χ1) is 23.5. The SMILES string of the molecule is O=C(CSc1cccc(NC(=O)/C(=C/c2ccc(OCc3ccccc3)cc2)NC(=O)c2ccccc2)c1)Nc1ccc2c(c1)OCO2. The molecule has 5 aromatic rings.